The third kappa shape index (κ3) is 10.4. The topological polar surface area (TPSA) is 94.1 Å². The predicted molar refractivity (Wildman–Crippen MR) is 117 cm³/mol. The van der Waals surface area contributed by atoms with E-state index in [-0.39, 0.29) is 42.9 Å². The molecule has 0 fully saturated rings. The van der Waals surface area contributed by atoms with Gasteiger partial charge in [-0.05, 0) is 25.7 Å². The van der Waals surface area contributed by atoms with Crippen molar-refractivity contribution in [3.8, 4) is 0 Å². The molecular formula is C22H46O9. The molecule has 0 aliphatic rings. The van der Waals surface area contributed by atoms with Crippen molar-refractivity contribution in [2.24, 2.45) is 11.8 Å². The average Bonchev–Trinajstić information content (AvgIpc) is 2.75. The normalized spacial score (nSPS) is 21.0. The fraction of sp³-hybridized carbons (Fsp3) is 1.00. The van der Waals surface area contributed by atoms with Crippen molar-refractivity contribution in [2.45, 2.75) is 70.6 Å². The minimum Gasteiger partial charge on any atom is -0.384 e. The zero-order chi connectivity index (χ0) is 24.0. The van der Waals surface area contributed by atoms with Crippen LogP contribution in [0.1, 0.15) is 27.7 Å². The van der Waals surface area contributed by atoms with E-state index in [1.807, 2.05) is 20.8 Å². The number of aliphatic hydroxyl groups is 1. The SMILES string of the molecule is COCC(COC(O)C(OC)C(OC)C(C)C(C)COC)OC(C)C(OC)C(C)OC. The summed E-state index contributed by atoms with van der Waals surface area (Å²) in [5.41, 5.74) is 0. The van der Waals surface area contributed by atoms with Gasteiger partial charge in [-0.3, -0.25) is 0 Å². The summed E-state index contributed by atoms with van der Waals surface area (Å²) in [5, 5.41) is 10.7. The van der Waals surface area contributed by atoms with Gasteiger partial charge in [-0.1, -0.05) is 13.8 Å². The lowest BCUT2D eigenvalue weighted by molar-refractivity contribution is -0.229. The summed E-state index contributed by atoms with van der Waals surface area (Å²) < 4.78 is 44.4. The van der Waals surface area contributed by atoms with E-state index in [0.29, 0.717) is 13.2 Å². The fourth-order valence-electron chi connectivity index (χ4n) is 3.69. The van der Waals surface area contributed by atoms with Gasteiger partial charge in [-0.25, -0.2) is 0 Å². The minimum atomic E-state index is -1.21. The highest BCUT2D eigenvalue weighted by Gasteiger charge is 2.36. The molecule has 0 amide bonds. The first kappa shape index (κ1) is 30.6. The number of hydrogen-bond donors (Lipinski definition) is 1. The molecule has 0 heterocycles. The molecule has 188 valence electrons. The van der Waals surface area contributed by atoms with E-state index in [4.69, 9.17) is 37.9 Å². The molecule has 31 heavy (non-hydrogen) atoms. The number of hydrogen-bond acceptors (Lipinski definition) is 9. The van der Waals surface area contributed by atoms with Crippen LogP contribution >= 0.6 is 0 Å². The Labute approximate surface area is 188 Å². The van der Waals surface area contributed by atoms with E-state index in [1.54, 1.807) is 35.5 Å². The molecule has 0 rings (SSSR count). The van der Waals surface area contributed by atoms with Crippen molar-refractivity contribution in [1.29, 1.82) is 0 Å². The van der Waals surface area contributed by atoms with Gasteiger partial charge in [0.15, 0.2) is 6.29 Å². The van der Waals surface area contributed by atoms with Crippen molar-refractivity contribution < 1.29 is 43.0 Å². The van der Waals surface area contributed by atoms with Gasteiger partial charge in [0.2, 0.25) is 0 Å². The second-order valence-corrected chi connectivity index (χ2v) is 7.98. The first-order valence-electron chi connectivity index (χ1n) is 10.8. The second-order valence-electron chi connectivity index (χ2n) is 7.98. The van der Waals surface area contributed by atoms with Crippen molar-refractivity contribution >= 4 is 0 Å². The third-order valence-corrected chi connectivity index (χ3v) is 5.78. The standard InChI is InChI=1S/C22H46O9/c1-14(11-24-5)15(2)19(27-8)21(29-10)22(23)30-13-18(12-25-6)31-17(4)20(28-9)16(3)26-7/h14-23H,11-13H2,1-10H3. The highest BCUT2D eigenvalue weighted by Crippen LogP contribution is 2.24. The van der Waals surface area contributed by atoms with Crippen LogP contribution in [0.25, 0.3) is 0 Å². The molecule has 0 aliphatic heterocycles. The lowest BCUT2D eigenvalue weighted by atomic mass is 9.88. The van der Waals surface area contributed by atoms with E-state index in [0.717, 1.165) is 0 Å². The predicted octanol–water partition coefficient (Wildman–Crippen LogP) is 1.74. The Morgan fingerprint density at radius 1 is 0.613 bits per heavy atom. The van der Waals surface area contributed by atoms with Crippen LogP contribution in [0, 0.1) is 11.8 Å². The quantitative estimate of drug-likeness (QED) is 0.293. The van der Waals surface area contributed by atoms with Crippen LogP contribution in [0.4, 0.5) is 0 Å². The first-order chi connectivity index (χ1) is 14.7. The maximum Gasteiger partial charge on any atom is 0.183 e. The van der Waals surface area contributed by atoms with Gasteiger partial charge in [0, 0.05) is 49.3 Å². The van der Waals surface area contributed by atoms with E-state index >= 15 is 0 Å². The number of ether oxygens (including phenoxy) is 8. The molecular weight excluding hydrogens is 408 g/mol. The molecule has 9 nitrogen and oxygen atoms in total. The van der Waals surface area contributed by atoms with E-state index in [9.17, 15) is 5.11 Å². The number of methoxy groups -OCH3 is 6. The summed E-state index contributed by atoms with van der Waals surface area (Å²) in [6.07, 6.45) is -3.37. The maximum atomic E-state index is 10.7. The minimum absolute atomic E-state index is 0.0668. The van der Waals surface area contributed by atoms with Gasteiger partial charge in [-0.15, -0.1) is 0 Å². The van der Waals surface area contributed by atoms with Crippen molar-refractivity contribution in [3.63, 3.8) is 0 Å². The first-order valence-corrected chi connectivity index (χ1v) is 10.8. The Morgan fingerprint density at radius 3 is 1.61 bits per heavy atom. The molecule has 0 spiro atoms. The molecule has 0 aromatic rings. The molecule has 9 atom stereocenters. The van der Waals surface area contributed by atoms with Crippen LogP contribution in [-0.2, 0) is 37.9 Å². The monoisotopic (exact) mass is 454 g/mol. The molecule has 9 heteroatoms. The Morgan fingerprint density at radius 2 is 1.16 bits per heavy atom. The van der Waals surface area contributed by atoms with Crippen LogP contribution in [0.2, 0.25) is 0 Å². The zero-order valence-electron chi connectivity index (χ0n) is 21.0. The van der Waals surface area contributed by atoms with Crippen molar-refractivity contribution in [3.05, 3.63) is 0 Å². The Bertz CT molecular complexity index is 426. The van der Waals surface area contributed by atoms with E-state index < -0.39 is 18.5 Å². The largest absolute Gasteiger partial charge is 0.384 e. The molecule has 9 unspecified atom stereocenters. The van der Waals surface area contributed by atoms with Crippen LogP contribution in [0.15, 0.2) is 0 Å². The van der Waals surface area contributed by atoms with Gasteiger partial charge in [0.25, 0.3) is 0 Å². The molecule has 0 aromatic heterocycles. The highest BCUT2D eigenvalue weighted by molar-refractivity contribution is 4.81. The third-order valence-electron chi connectivity index (χ3n) is 5.78. The summed E-state index contributed by atoms with van der Waals surface area (Å²) in [4.78, 5) is 0. The molecule has 0 aromatic carbocycles. The Balaban J connectivity index is 5.06. The smallest absolute Gasteiger partial charge is 0.183 e. The second kappa shape index (κ2) is 17.2. The average molecular weight is 455 g/mol. The molecule has 0 radical (unpaired) electrons. The van der Waals surface area contributed by atoms with Crippen molar-refractivity contribution in [1.82, 2.24) is 0 Å². The van der Waals surface area contributed by atoms with Gasteiger partial charge >= 0.3 is 0 Å². The van der Waals surface area contributed by atoms with Gasteiger partial charge in [-0.2, -0.15) is 0 Å². The van der Waals surface area contributed by atoms with Gasteiger partial charge < -0.3 is 43.0 Å². The summed E-state index contributed by atoms with van der Waals surface area (Å²) in [5.74, 6) is 0.274. The van der Waals surface area contributed by atoms with Crippen LogP contribution in [0.5, 0.6) is 0 Å². The Kier molecular flexibility index (Phi) is 17.0. The maximum absolute atomic E-state index is 10.7. The summed E-state index contributed by atoms with van der Waals surface area (Å²) in [7, 11) is 9.61. The number of aliphatic hydroxyl groups excluding tert-OH is 1. The molecule has 0 saturated carbocycles. The molecule has 0 saturated heterocycles. The molecule has 0 aliphatic carbocycles. The van der Waals surface area contributed by atoms with Gasteiger partial charge in [0.1, 0.15) is 18.3 Å². The van der Waals surface area contributed by atoms with Crippen LogP contribution in [0.3, 0.4) is 0 Å². The number of rotatable bonds is 19. The molecule has 1 N–H and O–H groups in total. The Hall–Kier alpha value is -0.360. The van der Waals surface area contributed by atoms with Crippen molar-refractivity contribution in [2.75, 3.05) is 62.5 Å². The lowest BCUT2D eigenvalue weighted by Gasteiger charge is -2.35. The van der Waals surface area contributed by atoms with E-state index in [2.05, 4.69) is 6.92 Å². The van der Waals surface area contributed by atoms with Crippen LogP contribution in [-0.4, -0.2) is 110 Å². The lowest BCUT2D eigenvalue weighted by Crippen LogP contribution is -2.48. The summed E-state index contributed by atoms with van der Waals surface area (Å²) in [6, 6.07) is 0. The summed E-state index contributed by atoms with van der Waals surface area (Å²) >= 11 is 0. The highest BCUT2D eigenvalue weighted by atomic mass is 16.7. The fourth-order valence-corrected chi connectivity index (χ4v) is 3.69. The zero-order valence-corrected chi connectivity index (χ0v) is 21.0. The van der Waals surface area contributed by atoms with Gasteiger partial charge in [0.05, 0.1) is 31.5 Å². The molecule has 0 bridgehead atoms. The summed E-state index contributed by atoms with van der Waals surface area (Å²) in [6.45, 7) is 8.90. The van der Waals surface area contributed by atoms with E-state index in [1.165, 1.54) is 7.11 Å². The van der Waals surface area contributed by atoms with Crippen LogP contribution < -0.4 is 0 Å².